The van der Waals surface area contributed by atoms with Gasteiger partial charge in [0.2, 0.25) is 11.9 Å². The summed E-state index contributed by atoms with van der Waals surface area (Å²) in [5.74, 6) is -0.516. The predicted molar refractivity (Wildman–Crippen MR) is 157 cm³/mol. The molecule has 2 amide bonds. The van der Waals surface area contributed by atoms with Gasteiger partial charge in [-0.15, -0.1) is 0 Å². The summed E-state index contributed by atoms with van der Waals surface area (Å²) in [6.45, 7) is 3.20. The third-order valence-electron chi connectivity index (χ3n) is 8.07. The van der Waals surface area contributed by atoms with Crippen LogP contribution in [0.2, 0.25) is 0 Å². The van der Waals surface area contributed by atoms with E-state index in [2.05, 4.69) is 25.5 Å². The Labute approximate surface area is 251 Å². The van der Waals surface area contributed by atoms with Crippen LogP contribution in [-0.4, -0.2) is 78.2 Å². The Morgan fingerprint density at radius 3 is 2.44 bits per heavy atom. The zero-order chi connectivity index (χ0) is 30.4. The lowest BCUT2D eigenvalue weighted by Crippen LogP contribution is -2.45. The first kappa shape index (κ1) is 34.0. The van der Waals surface area contributed by atoms with Gasteiger partial charge in [-0.05, 0) is 76.4 Å². The van der Waals surface area contributed by atoms with E-state index in [1.54, 1.807) is 18.2 Å². The van der Waals surface area contributed by atoms with E-state index >= 15 is 0 Å². The molecule has 0 bridgehead atoms. The van der Waals surface area contributed by atoms with Crippen LogP contribution in [0.3, 0.4) is 0 Å². The molecule has 2 fully saturated rings. The Bertz CT molecular complexity index is 1250. The monoisotopic (exact) mass is 608 g/mol. The summed E-state index contributed by atoms with van der Waals surface area (Å²) in [5.41, 5.74) is -0.278. The summed E-state index contributed by atoms with van der Waals surface area (Å²) in [6.07, 6.45) is 0.806. The number of piperidine rings is 1. The molecule has 1 aromatic carbocycles. The van der Waals surface area contributed by atoms with Crippen molar-refractivity contribution in [2.45, 2.75) is 77.6 Å². The van der Waals surface area contributed by atoms with E-state index in [9.17, 15) is 22.8 Å². The molecular formula is C30H43F3N6O4. The van der Waals surface area contributed by atoms with Crippen molar-refractivity contribution in [1.29, 1.82) is 0 Å². The number of alkyl halides is 3. The van der Waals surface area contributed by atoms with Crippen molar-refractivity contribution < 1.29 is 32.3 Å². The molecule has 10 nitrogen and oxygen atoms in total. The number of anilines is 2. The summed E-state index contributed by atoms with van der Waals surface area (Å²) in [7, 11) is 4.88. The molecule has 4 rings (SSSR count). The van der Waals surface area contributed by atoms with Crippen molar-refractivity contribution in [1.82, 2.24) is 25.2 Å². The molecule has 2 heterocycles. The van der Waals surface area contributed by atoms with Crippen LogP contribution in [0.15, 0.2) is 24.4 Å². The largest absolute Gasteiger partial charge is 0.495 e. The van der Waals surface area contributed by atoms with E-state index < -0.39 is 11.7 Å². The second kappa shape index (κ2) is 14.8. The molecule has 1 aliphatic carbocycles. The number of hydroxylamine groups is 2. The molecule has 1 saturated heterocycles. The van der Waals surface area contributed by atoms with Gasteiger partial charge < -0.3 is 20.3 Å². The molecule has 43 heavy (non-hydrogen) atoms. The number of halogens is 3. The van der Waals surface area contributed by atoms with Gasteiger partial charge >= 0.3 is 6.18 Å². The van der Waals surface area contributed by atoms with Gasteiger partial charge in [0.05, 0.1) is 37.2 Å². The Balaban J connectivity index is 0.00000506. The topological polar surface area (TPSA) is 109 Å². The summed E-state index contributed by atoms with van der Waals surface area (Å²) in [5, 5.41) is 7.27. The number of amides is 2. The van der Waals surface area contributed by atoms with Crippen LogP contribution in [0.1, 0.15) is 74.5 Å². The number of nitrogens with zero attached hydrogens (tertiary/aromatic N) is 4. The lowest BCUT2D eigenvalue weighted by atomic mass is 9.81. The zero-order valence-electron chi connectivity index (χ0n) is 24.5. The van der Waals surface area contributed by atoms with Gasteiger partial charge in [-0.25, -0.2) is 15.0 Å². The highest BCUT2D eigenvalue weighted by Crippen LogP contribution is 2.37. The van der Waals surface area contributed by atoms with E-state index in [1.807, 2.05) is 7.05 Å². The van der Waals surface area contributed by atoms with Gasteiger partial charge in [-0.1, -0.05) is 20.3 Å². The molecule has 2 N–H and O–H groups in total. The average molecular weight is 609 g/mol. The molecule has 2 aliphatic rings. The third kappa shape index (κ3) is 8.56. The molecule has 1 aliphatic heterocycles. The molecule has 1 saturated carbocycles. The van der Waals surface area contributed by atoms with Crippen LogP contribution in [0, 0.1) is 5.92 Å². The number of carbonyl (C=O) groups is 2. The van der Waals surface area contributed by atoms with Gasteiger partial charge in [0, 0.05) is 24.7 Å². The average Bonchev–Trinajstić information content (AvgIpc) is 2.95. The minimum Gasteiger partial charge on any atom is -0.495 e. The lowest BCUT2D eigenvalue weighted by Gasteiger charge is -2.38. The number of ether oxygens (including phenoxy) is 1. The number of hydrogen-bond donors (Lipinski definition) is 2. The quantitative estimate of drug-likeness (QED) is 0.373. The molecule has 0 spiro atoms. The van der Waals surface area contributed by atoms with Gasteiger partial charge in [0.15, 0.2) is 0 Å². The van der Waals surface area contributed by atoms with Gasteiger partial charge in [-0.3, -0.25) is 14.4 Å². The fourth-order valence-electron chi connectivity index (χ4n) is 5.83. The fraction of sp³-hybridized carbons (Fsp3) is 0.600. The van der Waals surface area contributed by atoms with Gasteiger partial charge in [0.25, 0.3) is 5.91 Å². The molecule has 2 aromatic rings. The normalized spacial score (nSPS) is 19.7. The van der Waals surface area contributed by atoms with Crippen LogP contribution in [0.25, 0.3) is 0 Å². The predicted octanol–water partition coefficient (Wildman–Crippen LogP) is 5.22. The summed E-state index contributed by atoms with van der Waals surface area (Å²) >= 11 is 0. The summed E-state index contributed by atoms with van der Waals surface area (Å²) in [4.78, 5) is 40.7. The number of methoxy groups -OCH3 is 1. The molecule has 238 valence electrons. The third-order valence-corrected chi connectivity index (χ3v) is 8.07. The van der Waals surface area contributed by atoms with Crippen molar-refractivity contribution in [2.75, 3.05) is 39.7 Å². The highest BCUT2D eigenvalue weighted by molar-refractivity contribution is 5.95. The molecule has 0 radical (unpaired) electrons. The number of aromatic nitrogens is 2. The summed E-state index contributed by atoms with van der Waals surface area (Å²) in [6, 6.07) is 4.54. The smallest absolute Gasteiger partial charge is 0.419 e. The Kier molecular flexibility index (Phi) is 11.7. The standard InChI is InChI=1S/C29H39F3N6O4.CH4/c1-18(39)38(42-4)25-8-6-5-7-19(25)15-24-22(29(30,31)32)17-33-28(36-24)35-23-10-9-20(16-26(23)41-3)27(40)34-21-11-13-37(2)14-12-21;/h9-10,16-17,19,21,25H,5-8,11-15H2,1-4H3,(H,34,40)(H,33,35,36);1H4/t19-,25-;/m0./s1. The first-order valence-electron chi connectivity index (χ1n) is 14.2. The minimum atomic E-state index is -4.65. The number of hydrogen-bond acceptors (Lipinski definition) is 8. The first-order valence-corrected chi connectivity index (χ1v) is 14.2. The number of carbonyl (C=O) groups excluding carboxylic acids is 2. The minimum absolute atomic E-state index is 0. The first-order chi connectivity index (χ1) is 20.0. The molecule has 1 aromatic heterocycles. The van der Waals surface area contributed by atoms with Crippen LogP contribution in [0.5, 0.6) is 5.75 Å². The second-order valence-electron chi connectivity index (χ2n) is 11.0. The van der Waals surface area contributed by atoms with Crippen LogP contribution in [-0.2, 0) is 22.2 Å². The second-order valence-corrected chi connectivity index (χ2v) is 11.0. The van der Waals surface area contributed by atoms with E-state index in [0.29, 0.717) is 29.8 Å². The molecule has 2 atom stereocenters. The maximum atomic E-state index is 14.0. The number of benzene rings is 1. The van der Waals surface area contributed by atoms with Gasteiger partial charge in [-0.2, -0.15) is 13.2 Å². The SMILES string of the molecule is C.COc1cc(C(=O)NC2CCN(C)CC2)ccc1Nc1ncc(C(F)(F)F)c(C[C@@H]2CCCC[C@@H]2N(OC)C(C)=O)n1. The van der Waals surface area contributed by atoms with Crippen molar-refractivity contribution in [3.05, 3.63) is 41.2 Å². The number of likely N-dealkylation sites (tertiary alicyclic amines) is 1. The Hall–Kier alpha value is -3.45. The van der Waals surface area contributed by atoms with Crippen molar-refractivity contribution in [2.24, 2.45) is 5.92 Å². The number of rotatable bonds is 9. The van der Waals surface area contributed by atoms with E-state index in [1.165, 1.54) is 26.2 Å². The molecule has 0 unspecified atom stereocenters. The zero-order valence-corrected chi connectivity index (χ0v) is 24.5. The van der Waals surface area contributed by atoms with Crippen molar-refractivity contribution >= 4 is 23.5 Å². The van der Waals surface area contributed by atoms with Crippen LogP contribution < -0.4 is 15.4 Å². The highest BCUT2D eigenvalue weighted by Gasteiger charge is 2.38. The highest BCUT2D eigenvalue weighted by atomic mass is 19.4. The van der Waals surface area contributed by atoms with Crippen LogP contribution in [0.4, 0.5) is 24.8 Å². The molecule has 13 heteroatoms. The van der Waals surface area contributed by atoms with E-state index in [-0.39, 0.29) is 55.3 Å². The Morgan fingerprint density at radius 2 is 1.81 bits per heavy atom. The van der Waals surface area contributed by atoms with Crippen LogP contribution >= 0.6 is 0 Å². The maximum absolute atomic E-state index is 14.0. The van der Waals surface area contributed by atoms with Gasteiger partial charge in [0.1, 0.15) is 5.75 Å². The number of nitrogens with one attached hydrogen (secondary N) is 2. The maximum Gasteiger partial charge on any atom is 0.419 e. The fourth-order valence-corrected chi connectivity index (χ4v) is 5.83. The van der Waals surface area contributed by atoms with E-state index in [4.69, 9.17) is 9.57 Å². The lowest BCUT2D eigenvalue weighted by molar-refractivity contribution is -0.195. The Morgan fingerprint density at radius 1 is 1.12 bits per heavy atom. The summed E-state index contributed by atoms with van der Waals surface area (Å²) < 4.78 is 47.4. The van der Waals surface area contributed by atoms with Crippen molar-refractivity contribution in [3.63, 3.8) is 0 Å². The molecular weight excluding hydrogens is 565 g/mol. The van der Waals surface area contributed by atoms with E-state index in [0.717, 1.165) is 45.0 Å². The van der Waals surface area contributed by atoms with Crippen molar-refractivity contribution in [3.8, 4) is 5.75 Å².